The van der Waals surface area contributed by atoms with E-state index in [-0.39, 0.29) is 12.5 Å². The highest BCUT2D eigenvalue weighted by atomic mass is 16.5. The summed E-state index contributed by atoms with van der Waals surface area (Å²) in [5.74, 6) is -0.189. The van der Waals surface area contributed by atoms with Gasteiger partial charge in [-0.15, -0.1) is 0 Å². The van der Waals surface area contributed by atoms with Crippen molar-refractivity contribution in [3.8, 4) is 5.75 Å². The van der Waals surface area contributed by atoms with Crippen LogP contribution in [0.15, 0.2) is 35.5 Å². The molecule has 3 aliphatic heterocycles. The maximum absolute atomic E-state index is 13.1. The van der Waals surface area contributed by atoms with Crippen LogP contribution in [0.25, 0.3) is 0 Å². The molecule has 36 heavy (non-hydrogen) atoms. The molecule has 196 valence electrons. The quantitative estimate of drug-likeness (QED) is 0.465. The number of benzene rings is 1. The molecule has 0 unspecified atom stereocenters. The molecule has 3 amide bonds. The molecule has 1 aromatic carbocycles. The van der Waals surface area contributed by atoms with E-state index in [0.29, 0.717) is 55.1 Å². The van der Waals surface area contributed by atoms with E-state index in [0.717, 1.165) is 25.9 Å². The number of primary amides is 1. The van der Waals surface area contributed by atoms with Crippen LogP contribution >= 0.6 is 0 Å². The maximum Gasteiger partial charge on any atom is 0.338 e. The molecule has 10 nitrogen and oxygen atoms in total. The van der Waals surface area contributed by atoms with Crippen molar-refractivity contribution < 1.29 is 23.9 Å². The van der Waals surface area contributed by atoms with Crippen molar-refractivity contribution >= 4 is 17.9 Å². The van der Waals surface area contributed by atoms with Crippen LogP contribution in [0.1, 0.15) is 50.6 Å². The van der Waals surface area contributed by atoms with Gasteiger partial charge in [-0.2, -0.15) is 0 Å². The van der Waals surface area contributed by atoms with Crippen LogP contribution in [0.5, 0.6) is 5.75 Å². The summed E-state index contributed by atoms with van der Waals surface area (Å²) in [7, 11) is 1.55. The fraction of sp³-hybridized carbons (Fsp3) is 0.577. The van der Waals surface area contributed by atoms with Gasteiger partial charge in [0.2, 0.25) is 5.91 Å². The number of piperidine rings is 2. The molecule has 2 saturated heterocycles. The fourth-order valence-electron chi connectivity index (χ4n) is 5.68. The van der Waals surface area contributed by atoms with Crippen LogP contribution in [0.2, 0.25) is 0 Å². The van der Waals surface area contributed by atoms with Crippen LogP contribution in [-0.2, 0) is 14.3 Å². The first-order valence-corrected chi connectivity index (χ1v) is 12.8. The van der Waals surface area contributed by atoms with Gasteiger partial charge in [-0.1, -0.05) is 24.6 Å². The number of rotatable bonds is 8. The third kappa shape index (κ3) is 5.19. The third-order valence-corrected chi connectivity index (χ3v) is 7.58. The molecule has 10 heteroatoms. The van der Waals surface area contributed by atoms with Gasteiger partial charge in [0.05, 0.1) is 25.3 Å². The van der Waals surface area contributed by atoms with Gasteiger partial charge < -0.3 is 25.8 Å². The maximum atomic E-state index is 13.1. The summed E-state index contributed by atoms with van der Waals surface area (Å²) in [5, 5.41) is 5.70. The molecule has 3 aliphatic rings. The highest BCUT2D eigenvalue weighted by Gasteiger charge is 2.45. The first-order valence-electron chi connectivity index (χ1n) is 12.8. The lowest BCUT2D eigenvalue weighted by Crippen LogP contribution is -2.63. The van der Waals surface area contributed by atoms with Gasteiger partial charge in [0.25, 0.3) is 0 Å². The summed E-state index contributed by atoms with van der Waals surface area (Å²) >= 11 is 0. The summed E-state index contributed by atoms with van der Waals surface area (Å²) in [6.45, 7) is 5.35. The Morgan fingerprint density at radius 2 is 1.81 bits per heavy atom. The predicted molar refractivity (Wildman–Crippen MR) is 134 cm³/mol. The molecule has 4 rings (SSSR count). The Morgan fingerprint density at radius 1 is 1.11 bits per heavy atom. The lowest BCUT2D eigenvalue weighted by molar-refractivity contribution is -0.139. The number of hydrogen-bond donors (Lipinski definition) is 3. The van der Waals surface area contributed by atoms with E-state index in [2.05, 4.69) is 20.4 Å². The summed E-state index contributed by atoms with van der Waals surface area (Å²) in [4.78, 5) is 42.9. The summed E-state index contributed by atoms with van der Waals surface area (Å²) < 4.78 is 10.9. The van der Waals surface area contributed by atoms with Gasteiger partial charge >= 0.3 is 12.0 Å². The van der Waals surface area contributed by atoms with Gasteiger partial charge in [0.15, 0.2) is 0 Å². The average Bonchev–Trinajstić information content (AvgIpc) is 2.89. The van der Waals surface area contributed by atoms with Crippen LogP contribution in [0.4, 0.5) is 4.79 Å². The normalized spacial score (nSPS) is 22.9. The minimum atomic E-state index is -0.716. The Hall–Kier alpha value is -3.11. The van der Waals surface area contributed by atoms with Crippen molar-refractivity contribution in [2.24, 2.45) is 5.73 Å². The van der Waals surface area contributed by atoms with Gasteiger partial charge in [0.1, 0.15) is 11.3 Å². The number of nitrogens with two attached hydrogens (primary N) is 1. The number of carbonyl (C=O) groups excluding carboxylic acids is 3. The van der Waals surface area contributed by atoms with E-state index >= 15 is 0 Å². The first kappa shape index (κ1) is 26.0. The van der Waals surface area contributed by atoms with Crippen LogP contribution in [-0.4, -0.2) is 79.7 Å². The standard InChI is InChI=1S/C26H37N5O5/c1-3-36-23(32)21-19(28-25(34)29-22(21)18-9-5-6-10-20(18)35-2)17-30-15-11-26(12-16-30,24(27)33)31-13-7-4-8-14-31/h5-6,9-10,22H,3-4,7-8,11-17H2,1-2H3,(H2,27,33)(H2,28,29,34)/t22-/m0/s1. The molecule has 0 bridgehead atoms. The number of likely N-dealkylation sites (tertiary alicyclic amines) is 2. The minimum absolute atomic E-state index is 0.211. The van der Waals surface area contributed by atoms with E-state index < -0.39 is 23.6 Å². The second kappa shape index (κ2) is 11.3. The molecule has 0 aromatic heterocycles. The number of amides is 3. The van der Waals surface area contributed by atoms with Gasteiger partial charge in [-0.3, -0.25) is 14.6 Å². The Kier molecular flexibility index (Phi) is 8.15. The second-order valence-corrected chi connectivity index (χ2v) is 9.61. The molecule has 1 atom stereocenters. The van der Waals surface area contributed by atoms with E-state index in [9.17, 15) is 14.4 Å². The smallest absolute Gasteiger partial charge is 0.338 e. The van der Waals surface area contributed by atoms with Crippen molar-refractivity contribution in [2.45, 2.75) is 50.6 Å². The minimum Gasteiger partial charge on any atom is -0.496 e. The number of para-hydroxylation sites is 1. The molecule has 3 heterocycles. The van der Waals surface area contributed by atoms with E-state index in [1.165, 1.54) is 6.42 Å². The molecule has 0 radical (unpaired) electrons. The zero-order valence-corrected chi connectivity index (χ0v) is 21.2. The van der Waals surface area contributed by atoms with Crippen LogP contribution < -0.4 is 21.1 Å². The van der Waals surface area contributed by atoms with Crippen LogP contribution in [0.3, 0.4) is 0 Å². The third-order valence-electron chi connectivity index (χ3n) is 7.58. The number of nitrogens with one attached hydrogen (secondary N) is 2. The van der Waals surface area contributed by atoms with E-state index in [1.807, 2.05) is 18.2 Å². The number of esters is 1. The Labute approximate surface area is 212 Å². The molecule has 2 fully saturated rings. The number of methoxy groups -OCH3 is 1. The first-order chi connectivity index (χ1) is 17.4. The van der Waals surface area contributed by atoms with Gasteiger partial charge in [-0.05, 0) is 51.8 Å². The number of nitrogens with zero attached hydrogens (tertiary/aromatic N) is 2. The number of carbonyl (C=O) groups is 3. The Bertz CT molecular complexity index is 1010. The lowest BCUT2D eigenvalue weighted by atomic mass is 9.83. The Balaban J connectivity index is 1.60. The topological polar surface area (TPSA) is 126 Å². The van der Waals surface area contributed by atoms with Crippen molar-refractivity contribution in [2.75, 3.05) is 46.4 Å². The lowest BCUT2D eigenvalue weighted by Gasteiger charge is -2.48. The number of urea groups is 1. The van der Waals surface area contributed by atoms with E-state index in [1.54, 1.807) is 20.1 Å². The largest absolute Gasteiger partial charge is 0.496 e. The van der Waals surface area contributed by atoms with Crippen molar-refractivity contribution in [1.82, 2.24) is 20.4 Å². The molecule has 0 saturated carbocycles. The second-order valence-electron chi connectivity index (χ2n) is 9.61. The number of ether oxygens (including phenoxy) is 2. The highest BCUT2D eigenvalue weighted by molar-refractivity contribution is 5.95. The summed E-state index contributed by atoms with van der Waals surface area (Å²) in [6.07, 6.45) is 4.58. The van der Waals surface area contributed by atoms with Gasteiger partial charge in [0, 0.05) is 30.9 Å². The summed E-state index contributed by atoms with van der Waals surface area (Å²) in [6, 6.07) is 6.18. The zero-order chi connectivity index (χ0) is 25.7. The number of hydrogen-bond acceptors (Lipinski definition) is 7. The molecular weight excluding hydrogens is 462 g/mol. The summed E-state index contributed by atoms with van der Waals surface area (Å²) in [5.41, 5.74) is 6.83. The van der Waals surface area contributed by atoms with Crippen LogP contribution in [0, 0.1) is 0 Å². The monoisotopic (exact) mass is 499 g/mol. The fourth-order valence-corrected chi connectivity index (χ4v) is 5.68. The molecule has 4 N–H and O–H groups in total. The average molecular weight is 500 g/mol. The highest BCUT2D eigenvalue weighted by Crippen LogP contribution is 2.35. The van der Waals surface area contributed by atoms with Crippen molar-refractivity contribution in [1.29, 1.82) is 0 Å². The van der Waals surface area contributed by atoms with Crippen molar-refractivity contribution in [3.05, 3.63) is 41.1 Å². The Morgan fingerprint density at radius 3 is 2.44 bits per heavy atom. The molecule has 0 aliphatic carbocycles. The van der Waals surface area contributed by atoms with Crippen molar-refractivity contribution in [3.63, 3.8) is 0 Å². The zero-order valence-electron chi connectivity index (χ0n) is 21.2. The molecule has 1 aromatic rings. The van der Waals surface area contributed by atoms with Gasteiger partial charge in [-0.25, -0.2) is 9.59 Å². The molecular formula is C26H37N5O5. The predicted octanol–water partition coefficient (Wildman–Crippen LogP) is 1.67. The molecule has 0 spiro atoms. The SMILES string of the molecule is CCOC(=O)C1=C(CN2CCC(C(N)=O)(N3CCCCC3)CC2)NC(=O)N[C@H]1c1ccccc1OC. The van der Waals surface area contributed by atoms with E-state index in [4.69, 9.17) is 15.2 Å².